The van der Waals surface area contributed by atoms with Crippen LogP contribution in [0.4, 0.5) is 0 Å². The Morgan fingerprint density at radius 3 is 2.74 bits per heavy atom. The van der Waals surface area contributed by atoms with Gasteiger partial charge in [0, 0.05) is 33.6 Å². The van der Waals surface area contributed by atoms with Crippen LogP contribution in [-0.2, 0) is 25.4 Å². The first-order valence-corrected chi connectivity index (χ1v) is 9.25. The Hall–Kier alpha value is -2.34. The van der Waals surface area contributed by atoms with Crippen LogP contribution in [0.1, 0.15) is 56.0 Å². The van der Waals surface area contributed by atoms with Crippen molar-refractivity contribution < 1.29 is 28.5 Å². The second-order valence-electron chi connectivity index (χ2n) is 7.49. The predicted octanol–water partition coefficient (Wildman–Crippen LogP) is 3.57. The molecule has 3 atom stereocenters. The highest BCUT2D eigenvalue weighted by Crippen LogP contribution is 2.35. The zero-order valence-corrected chi connectivity index (χ0v) is 16.0. The third kappa shape index (κ3) is 4.69. The van der Waals surface area contributed by atoms with Gasteiger partial charge in [0.25, 0.3) is 0 Å². The molecular formula is C21H26O6. The average molecular weight is 374 g/mol. The van der Waals surface area contributed by atoms with E-state index < -0.39 is 11.8 Å². The molecule has 1 saturated heterocycles. The first-order valence-electron chi connectivity index (χ1n) is 9.25. The number of ether oxygens (including phenoxy) is 4. The van der Waals surface area contributed by atoms with Crippen molar-refractivity contribution in [1.29, 1.82) is 0 Å². The minimum Gasteiger partial charge on any atom is -0.462 e. The summed E-state index contributed by atoms with van der Waals surface area (Å²) < 4.78 is 22.7. The Balaban J connectivity index is 1.81. The van der Waals surface area contributed by atoms with Crippen molar-refractivity contribution in [3.8, 4) is 5.75 Å². The SMILES string of the molecule is C=CC[C@H]1C[C@H](OC(C)=O)C[C@H](Cc2cccc3c2C(=O)OC(C)(C)O3)O1. The Kier molecular flexibility index (Phi) is 5.56. The van der Waals surface area contributed by atoms with Crippen molar-refractivity contribution >= 4 is 11.9 Å². The van der Waals surface area contributed by atoms with Crippen molar-refractivity contribution in [2.45, 2.75) is 70.6 Å². The molecule has 3 rings (SSSR count). The molecule has 6 heteroatoms. The lowest BCUT2D eigenvalue weighted by Crippen LogP contribution is -2.40. The van der Waals surface area contributed by atoms with Crippen molar-refractivity contribution in [3.63, 3.8) is 0 Å². The molecule has 146 valence electrons. The normalized spacial score (nSPS) is 26.3. The number of rotatable bonds is 5. The highest BCUT2D eigenvalue weighted by molar-refractivity contribution is 5.95. The summed E-state index contributed by atoms with van der Waals surface area (Å²) in [5, 5.41) is 0. The third-order valence-corrected chi connectivity index (χ3v) is 4.66. The summed E-state index contributed by atoms with van der Waals surface area (Å²) in [5.41, 5.74) is 1.24. The molecule has 0 amide bonds. The van der Waals surface area contributed by atoms with Gasteiger partial charge in [0.05, 0.1) is 12.2 Å². The molecule has 6 nitrogen and oxygen atoms in total. The van der Waals surface area contributed by atoms with E-state index in [0.717, 1.165) is 5.56 Å². The first kappa shape index (κ1) is 19.4. The largest absolute Gasteiger partial charge is 0.462 e. The summed E-state index contributed by atoms with van der Waals surface area (Å²) >= 11 is 0. The lowest BCUT2D eigenvalue weighted by molar-refractivity contribution is -0.158. The zero-order valence-electron chi connectivity index (χ0n) is 16.0. The molecule has 0 unspecified atom stereocenters. The molecule has 27 heavy (non-hydrogen) atoms. The van der Waals surface area contributed by atoms with Gasteiger partial charge in [0.2, 0.25) is 5.79 Å². The van der Waals surface area contributed by atoms with Crippen molar-refractivity contribution in [2.75, 3.05) is 0 Å². The lowest BCUT2D eigenvalue weighted by atomic mass is 9.92. The van der Waals surface area contributed by atoms with Crippen LogP contribution in [0.3, 0.4) is 0 Å². The molecule has 0 spiro atoms. The van der Waals surface area contributed by atoms with E-state index >= 15 is 0 Å². The van der Waals surface area contributed by atoms with Gasteiger partial charge in [0.15, 0.2) is 0 Å². The Morgan fingerprint density at radius 2 is 2.04 bits per heavy atom. The molecule has 0 saturated carbocycles. The van der Waals surface area contributed by atoms with Gasteiger partial charge in [0.1, 0.15) is 17.4 Å². The molecule has 0 aromatic heterocycles. The second-order valence-corrected chi connectivity index (χ2v) is 7.49. The van der Waals surface area contributed by atoms with Crippen LogP contribution >= 0.6 is 0 Å². The monoisotopic (exact) mass is 374 g/mol. The highest BCUT2D eigenvalue weighted by Gasteiger charge is 2.37. The van der Waals surface area contributed by atoms with E-state index in [0.29, 0.717) is 37.0 Å². The number of esters is 2. The van der Waals surface area contributed by atoms with E-state index in [9.17, 15) is 9.59 Å². The van der Waals surface area contributed by atoms with Crippen LogP contribution in [0.2, 0.25) is 0 Å². The molecule has 2 aliphatic rings. The minimum absolute atomic E-state index is 0.0627. The van der Waals surface area contributed by atoms with Crippen LogP contribution < -0.4 is 4.74 Å². The highest BCUT2D eigenvalue weighted by atomic mass is 16.7. The van der Waals surface area contributed by atoms with E-state index in [2.05, 4.69) is 6.58 Å². The topological polar surface area (TPSA) is 71.1 Å². The van der Waals surface area contributed by atoms with Gasteiger partial charge in [-0.15, -0.1) is 6.58 Å². The molecule has 0 radical (unpaired) electrons. The molecule has 0 aliphatic carbocycles. The summed E-state index contributed by atoms with van der Waals surface area (Å²) in [6.45, 7) is 8.58. The average Bonchev–Trinajstić information content (AvgIpc) is 2.52. The molecule has 0 bridgehead atoms. The van der Waals surface area contributed by atoms with Gasteiger partial charge in [-0.25, -0.2) is 4.79 Å². The number of fused-ring (bicyclic) bond motifs is 1. The Morgan fingerprint density at radius 1 is 1.30 bits per heavy atom. The van der Waals surface area contributed by atoms with Gasteiger partial charge in [-0.05, 0) is 24.5 Å². The van der Waals surface area contributed by atoms with E-state index in [1.807, 2.05) is 12.1 Å². The smallest absolute Gasteiger partial charge is 0.345 e. The van der Waals surface area contributed by atoms with Crippen LogP contribution in [0.5, 0.6) is 5.75 Å². The van der Waals surface area contributed by atoms with Crippen LogP contribution in [0.15, 0.2) is 30.9 Å². The van der Waals surface area contributed by atoms with E-state index in [1.54, 1.807) is 26.0 Å². The lowest BCUT2D eigenvalue weighted by Gasteiger charge is -2.36. The van der Waals surface area contributed by atoms with Gasteiger partial charge in [-0.1, -0.05) is 18.2 Å². The molecular weight excluding hydrogens is 348 g/mol. The summed E-state index contributed by atoms with van der Waals surface area (Å²) in [7, 11) is 0. The fourth-order valence-corrected chi connectivity index (χ4v) is 3.73. The predicted molar refractivity (Wildman–Crippen MR) is 98.5 cm³/mol. The number of hydrogen-bond donors (Lipinski definition) is 0. The number of carbonyl (C=O) groups excluding carboxylic acids is 2. The van der Waals surface area contributed by atoms with Crippen LogP contribution in [0, 0.1) is 0 Å². The number of cyclic esters (lactones) is 1. The van der Waals surface area contributed by atoms with Crippen molar-refractivity contribution in [1.82, 2.24) is 0 Å². The fraction of sp³-hybridized carbons (Fsp3) is 0.524. The molecule has 2 aliphatic heterocycles. The molecule has 1 aromatic rings. The van der Waals surface area contributed by atoms with E-state index in [-0.39, 0.29) is 24.3 Å². The fourth-order valence-electron chi connectivity index (χ4n) is 3.73. The Bertz CT molecular complexity index is 738. The number of carbonyl (C=O) groups is 2. The zero-order chi connectivity index (χ0) is 19.6. The summed E-state index contributed by atoms with van der Waals surface area (Å²) in [6, 6.07) is 5.50. The van der Waals surface area contributed by atoms with Crippen molar-refractivity contribution in [2.24, 2.45) is 0 Å². The minimum atomic E-state index is -0.987. The summed E-state index contributed by atoms with van der Waals surface area (Å²) in [4.78, 5) is 23.9. The first-order chi connectivity index (χ1) is 12.8. The molecule has 0 N–H and O–H groups in total. The molecule has 1 fully saturated rings. The summed E-state index contributed by atoms with van der Waals surface area (Å²) in [6.07, 6.45) is 3.78. The van der Waals surface area contributed by atoms with Gasteiger partial charge in [-0.3, -0.25) is 4.79 Å². The van der Waals surface area contributed by atoms with Gasteiger partial charge in [-0.2, -0.15) is 0 Å². The van der Waals surface area contributed by atoms with Crippen molar-refractivity contribution in [3.05, 3.63) is 42.0 Å². The quantitative estimate of drug-likeness (QED) is 0.580. The maximum Gasteiger partial charge on any atom is 0.345 e. The molecule has 2 heterocycles. The maximum atomic E-state index is 12.5. The summed E-state index contributed by atoms with van der Waals surface area (Å²) in [5.74, 6) is -1.16. The standard InChI is InChI=1S/C21H26O6/c1-5-7-15-11-17(24-13(2)22)12-16(25-15)10-14-8-6-9-18-19(14)20(23)27-21(3,4)26-18/h5-6,8-9,15-17H,1,7,10-12H2,2-4H3/t15-,16-,17-/m0/s1. The number of benzene rings is 1. The van der Waals surface area contributed by atoms with Crippen LogP contribution in [-0.4, -0.2) is 36.0 Å². The van der Waals surface area contributed by atoms with Gasteiger partial charge >= 0.3 is 11.9 Å². The van der Waals surface area contributed by atoms with E-state index in [4.69, 9.17) is 18.9 Å². The third-order valence-electron chi connectivity index (χ3n) is 4.66. The van der Waals surface area contributed by atoms with E-state index in [1.165, 1.54) is 6.92 Å². The van der Waals surface area contributed by atoms with Gasteiger partial charge < -0.3 is 18.9 Å². The number of hydrogen-bond acceptors (Lipinski definition) is 6. The second kappa shape index (κ2) is 7.72. The van der Waals surface area contributed by atoms with Crippen LogP contribution in [0.25, 0.3) is 0 Å². The molecule has 1 aromatic carbocycles. The maximum absolute atomic E-state index is 12.5. The Labute approximate surface area is 159 Å².